The fraction of sp³-hybridized carbons (Fsp3) is 0.200. The van der Waals surface area contributed by atoms with Crippen molar-refractivity contribution in [3.63, 3.8) is 0 Å². The van der Waals surface area contributed by atoms with Crippen LogP contribution in [0.4, 0.5) is 0 Å². The highest BCUT2D eigenvalue weighted by Crippen LogP contribution is 2.38. The molecule has 0 spiro atoms. The number of hydrogen-bond acceptors (Lipinski definition) is 3. The van der Waals surface area contributed by atoms with Crippen molar-refractivity contribution in [2.45, 2.75) is 12.6 Å². The van der Waals surface area contributed by atoms with Crippen molar-refractivity contribution in [1.82, 2.24) is 13.7 Å². The van der Waals surface area contributed by atoms with Gasteiger partial charge in [-0.3, -0.25) is 13.9 Å². The molecule has 1 atom stereocenters. The minimum absolute atomic E-state index is 0.297. The van der Waals surface area contributed by atoms with Crippen LogP contribution in [0.15, 0.2) is 74.7 Å². The number of ether oxygens (including phenoxy) is 1. The average Bonchev–Trinajstić information content (AvgIpc) is 3.17. The zero-order valence-electron chi connectivity index (χ0n) is 17.8. The van der Waals surface area contributed by atoms with Gasteiger partial charge in [-0.15, -0.1) is 0 Å². The Morgan fingerprint density at radius 3 is 2.44 bits per heavy atom. The second-order valence-electron chi connectivity index (χ2n) is 7.88. The number of aryl methyl sites for hydroxylation is 1. The third kappa shape index (κ3) is 3.29. The van der Waals surface area contributed by atoms with Gasteiger partial charge in [0.25, 0.3) is 5.56 Å². The summed E-state index contributed by atoms with van der Waals surface area (Å²) in [5, 5.41) is 0.538. The summed E-state index contributed by atoms with van der Waals surface area (Å²) in [6.07, 6.45) is 3.62. The number of nitrogens with zero attached hydrogens (tertiary/aromatic N) is 3. The van der Waals surface area contributed by atoms with Crippen LogP contribution in [-0.2, 0) is 25.4 Å². The summed E-state index contributed by atoms with van der Waals surface area (Å²) >= 11 is 3.49. The maximum Gasteiger partial charge on any atom is 0.331 e. The summed E-state index contributed by atoms with van der Waals surface area (Å²) in [5.74, 6) is 0. The molecule has 32 heavy (non-hydrogen) atoms. The molecule has 2 aromatic heterocycles. The molecule has 4 aromatic rings. The molecule has 5 rings (SSSR count). The summed E-state index contributed by atoms with van der Waals surface area (Å²) in [4.78, 5) is 26.2. The molecule has 0 aliphatic carbocycles. The average molecular weight is 492 g/mol. The van der Waals surface area contributed by atoms with Gasteiger partial charge in [-0.1, -0.05) is 64.5 Å². The van der Waals surface area contributed by atoms with Gasteiger partial charge in [0.2, 0.25) is 0 Å². The van der Waals surface area contributed by atoms with Crippen molar-refractivity contribution >= 4 is 32.9 Å². The van der Waals surface area contributed by atoms with E-state index in [2.05, 4.69) is 20.5 Å². The Kier molecular flexibility index (Phi) is 5.23. The van der Waals surface area contributed by atoms with Crippen molar-refractivity contribution in [2.75, 3.05) is 6.61 Å². The first-order valence-corrected chi connectivity index (χ1v) is 11.2. The van der Waals surface area contributed by atoms with E-state index in [0.29, 0.717) is 24.1 Å². The second-order valence-corrected chi connectivity index (χ2v) is 8.80. The van der Waals surface area contributed by atoms with Gasteiger partial charge in [-0.25, -0.2) is 4.79 Å². The Hall–Kier alpha value is -3.16. The monoisotopic (exact) mass is 491 g/mol. The lowest BCUT2D eigenvalue weighted by Crippen LogP contribution is -2.37. The molecule has 1 aliphatic rings. The van der Waals surface area contributed by atoms with E-state index in [1.165, 1.54) is 11.6 Å². The minimum atomic E-state index is -0.381. The molecule has 0 saturated carbocycles. The number of hydrogen-bond donors (Lipinski definition) is 0. The SMILES string of the molecule is Cn1c(=O)c2c(-c3ccc(Br)cc3)n3c(c2n(C)c1=O)C(/C=C/c1ccccc1)OCC3. The first-order valence-electron chi connectivity index (χ1n) is 10.4. The summed E-state index contributed by atoms with van der Waals surface area (Å²) in [6, 6.07) is 17.9. The van der Waals surface area contributed by atoms with Gasteiger partial charge in [0.05, 0.1) is 28.9 Å². The Morgan fingerprint density at radius 2 is 1.72 bits per heavy atom. The molecule has 0 radical (unpaired) electrons. The molecular formula is C25H22BrN3O3. The van der Waals surface area contributed by atoms with Crippen molar-refractivity contribution in [1.29, 1.82) is 0 Å². The van der Waals surface area contributed by atoms with Crippen molar-refractivity contribution < 1.29 is 4.74 Å². The van der Waals surface area contributed by atoms with Crippen LogP contribution in [0.1, 0.15) is 17.4 Å². The fourth-order valence-electron chi connectivity index (χ4n) is 4.43. The molecule has 1 aliphatic heterocycles. The zero-order chi connectivity index (χ0) is 22.4. The second kappa shape index (κ2) is 8.07. The van der Waals surface area contributed by atoms with Gasteiger partial charge in [0.1, 0.15) is 6.10 Å². The van der Waals surface area contributed by atoms with Crippen LogP contribution in [0.2, 0.25) is 0 Å². The Bertz CT molecular complexity index is 1460. The van der Waals surface area contributed by atoms with E-state index in [-0.39, 0.29) is 17.4 Å². The molecule has 0 N–H and O–H groups in total. The highest BCUT2D eigenvalue weighted by Gasteiger charge is 2.31. The summed E-state index contributed by atoms with van der Waals surface area (Å²) in [6.45, 7) is 1.11. The smallest absolute Gasteiger partial charge is 0.331 e. The van der Waals surface area contributed by atoms with Gasteiger partial charge >= 0.3 is 5.69 Å². The molecule has 2 aromatic carbocycles. The topological polar surface area (TPSA) is 58.2 Å². The molecule has 0 amide bonds. The van der Waals surface area contributed by atoms with Crippen molar-refractivity contribution in [3.05, 3.63) is 97.2 Å². The Morgan fingerprint density at radius 1 is 1.00 bits per heavy atom. The molecule has 3 heterocycles. The maximum absolute atomic E-state index is 13.3. The Balaban J connectivity index is 1.83. The van der Waals surface area contributed by atoms with Crippen LogP contribution in [0.25, 0.3) is 28.2 Å². The lowest BCUT2D eigenvalue weighted by Gasteiger charge is -2.25. The molecular weight excluding hydrogens is 470 g/mol. The quantitative estimate of drug-likeness (QED) is 0.430. The van der Waals surface area contributed by atoms with E-state index in [4.69, 9.17) is 4.74 Å². The third-order valence-electron chi connectivity index (χ3n) is 5.97. The molecule has 0 saturated heterocycles. The van der Waals surface area contributed by atoms with Crippen LogP contribution < -0.4 is 11.2 Å². The van der Waals surface area contributed by atoms with Gasteiger partial charge in [-0.2, -0.15) is 0 Å². The Labute approximate surface area is 193 Å². The number of benzene rings is 2. The maximum atomic E-state index is 13.3. The van der Waals surface area contributed by atoms with Crippen LogP contribution in [0, 0.1) is 0 Å². The summed E-state index contributed by atoms with van der Waals surface area (Å²) < 4.78 is 12.0. The van der Waals surface area contributed by atoms with E-state index in [1.807, 2.05) is 66.7 Å². The van der Waals surface area contributed by atoms with Crippen LogP contribution >= 0.6 is 15.9 Å². The molecule has 1 unspecified atom stereocenters. The molecule has 0 bridgehead atoms. The number of fused-ring (bicyclic) bond motifs is 3. The van der Waals surface area contributed by atoms with Crippen LogP contribution in [0.3, 0.4) is 0 Å². The number of rotatable bonds is 3. The lowest BCUT2D eigenvalue weighted by atomic mass is 10.1. The fourth-order valence-corrected chi connectivity index (χ4v) is 4.69. The zero-order valence-corrected chi connectivity index (χ0v) is 19.4. The van der Waals surface area contributed by atoms with E-state index < -0.39 is 0 Å². The van der Waals surface area contributed by atoms with Gasteiger partial charge in [-0.05, 0) is 29.3 Å². The molecule has 7 heteroatoms. The summed E-state index contributed by atoms with van der Waals surface area (Å²) in [5.41, 5.74) is 3.60. The normalized spacial score (nSPS) is 16.0. The highest BCUT2D eigenvalue weighted by atomic mass is 79.9. The van der Waals surface area contributed by atoms with Crippen LogP contribution in [-0.4, -0.2) is 20.3 Å². The lowest BCUT2D eigenvalue weighted by molar-refractivity contribution is 0.0532. The van der Waals surface area contributed by atoms with Crippen molar-refractivity contribution in [2.24, 2.45) is 14.1 Å². The number of aromatic nitrogens is 3. The minimum Gasteiger partial charge on any atom is -0.366 e. The van der Waals surface area contributed by atoms with E-state index in [1.54, 1.807) is 11.6 Å². The third-order valence-corrected chi connectivity index (χ3v) is 6.50. The standard InChI is InChI=1S/C25H22BrN3O3/c1-27-23-20(24(30)28(2)25(27)31)21(17-9-11-18(26)12-10-17)29-14-15-32-19(22(23)29)13-8-16-6-4-3-5-7-16/h3-13,19H,14-15H2,1-2H3/b13-8+. The highest BCUT2D eigenvalue weighted by molar-refractivity contribution is 9.10. The van der Waals surface area contributed by atoms with Crippen molar-refractivity contribution in [3.8, 4) is 11.3 Å². The van der Waals surface area contributed by atoms with Gasteiger partial charge < -0.3 is 9.30 Å². The number of halogens is 1. The first kappa shape index (κ1) is 20.7. The van der Waals surface area contributed by atoms with E-state index in [9.17, 15) is 9.59 Å². The van der Waals surface area contributed by atoms with Crippen LogP contribution in [0.5, 0.6) is 0 Å². The van der Waals surface area contributed by atoms with E-state index in [0.717, 1.165) is 27.0 Å². The van der Waals surface area contributed by atoms with E-state index >= 15 is 0 Å². The predicted octanol–water partition coefficient (Wildman–Crippen LogP) is 4.25. The van der Waals surface area contributed by atoms with Gasteiger partial charge in [0.15, 0.2) is 0 Å². The molecule has 6 nitrogen and oxygen atoms in total. The summed E-state index contributed by atoms with van der Waals surface area (Å²) in [7, 11) is 3.23. The predicted molar refractivity (Wildman–Crippen MR) is 130 cm³/mol. The first-order chi connectivity index (χ1) is 15.5. The van der Waals surface area contributed by atoms with Gasteiger partial charge in [0, 0.05) is 25.1 Å². The molecule has 0 fully saturated rings. The molecule has 162 valence electrons. The largest absolute Gasteiger partial charge is 0.366 e.